The van der Waals surface area contributed by atoms with Gasteiger partial charge in [-0.05, 0) is 30.0 Å². The molecule has 0 amide bonds. The van der Waals surface area contributed by atoms with Gasteiger partial charge in [0.1, 0.15) is 0 Å². The molecule has 0 unspecified atom stereocenters. The van der Waals surface area contributed by atoms with Crippen molar-refractivity contribution >= 4 is 0 Å². The van der Waals surface area contributed by atoms with Crippen LogP contribution in [0.25, 0.3) is 11.1 Å². The highest BCUT2D eigenvalue weighted by atomic mass is 19.2. The van der Waals surface area contributed by atoms with Gasteiger partial charge in [0, 0.05) is 5.56 Å². The van der Waals surface area contributed by atoms with E-state index in [0.29, 0.717) is 12.2 Å². The maximum atomic E-state index is 14.3. The predicted octanol–water partition coefficient (Wildman–Crippen LogP) is 7.54. The molecule has 0 bridgehead atoms. The van der Waals surface area contributed by atoms with Crippen LogP contribution in [0.3, 0.4) is 0 Å². The second-order valence-corrected chi connectivity index (χ2v) is 7.66. The Bertz CT molecular complexity index is 693. The van der Waals surface area contributed by atoms with Crippen LogP contribution in [0.15, 0.2) is 42.5 Å². The minimum absolute atomic E-state index is 0.00779. The van der Waals surface area contributed by atoms with Gasteiger partial charge in [0.2, 0.25) is 5.82 Å². The van der Waals surface area contributed by atoms with Crippen molar-refractivity contribution in [2.24, 2.45) is 5.92 Å². The molecule has 0 aliphatic heterocycles. The number of unbranched alkanes of at least 4 members (excludes halogenated alkanes) is 4. The van der Waals surface area contributed by atoms with Crippen LogP contribution in [0.1, 0.15) is 64.2 Å². The van der Waals surface area contributed by atoms with Crippen LogP contribution in [-0.4, -0.2) is 6.61 Å². The largest absolute Gasteiger partial charge is 0.490 e. The molecule has 0 atom stereocenters. The predicted molar refractivity (Wildman–Crippen MR) is 107 cm³/mol. The van der Waals surface area contributed by atoms with Crippen LogP contribution in [0.5, 0.6) is 5.75 Å². The molecule has 27 heavy (non-hydrogen) atoms. The van der Waals surface area contributed by atoms with Crippen molar-refractivity contribution in [2.45, 2.75) is 64.2 Å². The average molecular weight is 372 g/mol. The minimum Gasteiger partial charge on any atom is -0.490 e. The zero-order valence-corrected chi connectivity index (χ0v) is 16.1. The summed E-state index contributed by atoms with van der Waals surface area (Å²) >= 11 is 0. The second-order valence-electron chi connectivity index (χ2n) is 7.66. The highest BCUT2D eigenvalue weighted by molar-refractivity contribution is 5.65. The Balaban J connectivity index is 1.36. The fourth-order valence-electron chi connectivity index (χ4n) is 4.03. The van der Waals surface area contributed by atoms with E-state index in [1.165, 1.54) is 57.4 Å². The third kappa shape index (κ3) is 5.79. The van der Waals surface area contributed by atoms with E-state index in [0.717, 1.165) is 18.8 Å². The summed E-state index contributed by atoms with van der Waals surface area (Å²) in [5.41, 5.74) is 0.931. The fraction of sp³-hybridized carbons (Fsp3) is 0.500. The molecule has 0 N–H and O–H groups in total. The lowest BCUT2D eigenvalue weighted by Crippen LogP contribution is -2.02. The quantitative estimate of drug-likeness (QED) is 0.391. The Morgan fingerprint density at radius 2 is 1.48 bits per heavy atom. The first-order valence-electron chi connectivity index (χ1n) is 10.4. The van der Waals surface area contributed by atoms with Gasteiger partial charge < -0.3 is 4.74 Å². The number of hydrogen-bond donors (Lipinski definition) is 0. The van der Waals surface area contributed by atoms with E-state index in [1.807, 2.05) is 18.2 Å². The lowest BCUT2D eigenvalue weighted by molar-refractivity contribution is 0.284. The molecule has 1 aliphatic rings. The average Bonchev–Trinajstić information content (AvgIpc) is 3.21. The van der Waals surface area contributed by atoms with Gasteiger partial charge in [-0.1, -0.05) is 88.1 Å². The first kappa shape index (κ1) is 19.9. The van der Waals surface area contributed by atoms with Crippen LogP contribution in [0, 0.1) is 17.6 Å². The van der Waals surface area contributed by atoms with Gasteiger partial charge in [-0.3, -0.25) is 0 Å². The van der Waals surface area contributed by atoms with E-state index in [-0.39, 0.29) is 11.3 Å². The molecule has 1 aliphatic carbocycles. The van der Waals surface area contributed by atoms with Gasteiger partial charge in [-0.2, -0.15) is 4.39 Å². The Kier molecular flexibility index (Phi) is 7.67. The number of ether oxygens (including phenoxy) is 1. The summed E-state index contributed by atoms with van der Waals surface area (Å²) in [5.74, 6) is -0.753. The minimum atomic E-state index is -0.895. The standard InChI is InChI=1S/C24H30F2O/c25-23-21(20-14-6-4-7-15-20)16-17-22(24(23)26)27-18-10-3-1-2-5-11-19-12-8-9-13-19/h4,6-7,14-17,19H,1-3,5,8-13,18H2. The SMILES string of the molecule is Fc1c(OCCCCCCCC2CCCC2)ccc(-c2ccccc2)c1F. The van der Waals surface area contributed by atoms with Crippen molar-refractivity contribution in [3.63, 3.8) is 0 Å². The maximum absolute atomic E-state index is 14.3. The van der Waals surface area contributed by atoms with Gasteiger partial charge in [0.15, 0.2) is 11.6 Å². The lowest BCUT2D eigenvalue weighted by Gasteiger charge is -2.11. The topological polar surface area (TPSA) is 9.23 Å². The number of benzene rings is 2. The van der Waals surface area contributed by atoms with Gasteiger partial charge in [0.05, 0.1) is 6.61 Å². The van der Waals surface area contributed by atoms with Crippen LogP contribution in [0.4, 0.5) is 8.78 Å². The Morgan fingerprint density at radius 3 is 2.26 bits per heavy atom. The molecule has 1 nitrogen and oxygen atoms in total. The molecule has 0 aromatic heterocycles. The molecular formula is C24H30F2O. The molecule has 0 saturated heterocycles. The smallest absolute Gasteiger partial charge is 0.201 e. The summed E-state index contributed by atoms with van der Waals surface area (Å²) in [6.07, 6.45) is 12.8. The molecule has 3 rings (SSSR count). The summed E-state index contributed by atoms with van der Waals surface area (Å²) in [7, 11) is 0. The molecule has 0 heterocycles. The van der Waals surface area contributed by atoms with E-state index < -0.39 is 11.6 Å². The zero-order valence-electron chi connectivity index (χ0n) is 16.1. The van der Waals surface area contributed by atoms with Crippen molar-refractivity contribution in [3.05, 3.63) is 54.1 Å². The number of rotatable bonds is 10. The Labute approximate surface area is 161 Å². The van der Waals surface area contributed by atoms with Gasteiger partial charge in [0.25, 0.3) is 0 Å². The normalized spacial score (nSPS) is 14.6. The number of halogens is 2. The highest BCUT2D eigenvalue weighted by Crippen LogP contribution is 2.30. The third-order valence-electron chi connectivity index (χ3n) is 5.62. The van der Waals surface area contributed by atoms with E-state index >= 15 is 0 Å². The monoisotopic (exact) mass is 372 g/mol. The lowest BCUT2D eigenvalue weighted by atomic mass is 9.99. The van der Waals surface area contributed by atoms with Gasteiger partial charge >= 0.3 is 0 Å². The molecular weight excluding hydrogens is 342 g/mol. The van der Waals surface area contributed by atoms with Crippen LogP contribution >= 0.6 is 0 Å². The Morgan fingerprint density at radius 1 is 0.778 bits per heavy atom. The summed E-state index contributed by atoms with van der Waals surface area (Å²) in [6.45, 7) is 0.434. The molecule has 1 saturated carbocycles. The zero-order chi connectivity index (χ0) is 18.9. The summed E-state index contributed by atoms with van der Waals surface area (Å²) < 4.78 is 34.1. The van der Waals surface area contributed by atoms with E-state index in [2.05, 4.69) is 0 Å². The summed E-state index contributed by atoms with van der Waals surface area (Å²) in [5, 5.41) is 0. The molecule has 0 radical (unpaired) electrons. The van der Waals surface area contributed by atoms with Crippen LogP contribution in [-0.2, 0) is 0 Å². The van der Waals surface area contributed by atoms with E-state index in [1.54, 1.807) is 18.2 Å². The van der Waals surface area contributed by atoms with Crippen molar-refractivity contribution in [1.82, 2.24) is 0 Å². The first-order chi connectivity index (χ1) is 13.3. The second kappa shape index (κ2) is 10.4. The van der Waals surface area contributed by atoms with Crippen molar-refractivity contribution in [2.75, 3.05) is 6.61 Å². The molecule has 1 fully saturated rings. The summed E-state index contributed by atoms with van der Waals surface area (Å²) in [6, 6.07) is 12.1. The van der Waals surface area contributed by atoms with E-state index in [4.69, 9.17) is 4.74 Å². The van der Waals surface area contributed by atoms with Crippen LogP contribution in [0.2, 0.25) is 0 Å². The van der Waals surface area contributed by atoms with Crippen LogP contribution < -0.4 is 4.74 Å². The van der Waals surface area contributed by atoms with Gasteiger partial charge in [-0.15, -0.1) is 0 Å². The fourth-order valence-corrected chi connectivity index (χ4v) is 4.03. The number of hydrogen-bond acceptors (Lipinski definition) is 1. The highest BCUT2D eigenvalue weighted by Gasteiger charge is 2.16. The van der Waals surface area contributed by atoms with Crippen molar-refractivity contribution < 1.29 is 13.5 Å². The molecule has 3 heteroatoms. The maximum Gasteiger partial charge on any atom is 0.201 e. The van der Waals surface area contributed by atoms with Crippen molar-refractivity contribution in [3.8, 4) is 16.9 Å². The summed E-state index contributed by atoms with van der Waals surface area (Å²) in [4.78, 5) is 0. The van der Waals surface area contributed by atoms with Crippen molar-refractivity contribution in [1.29, 1.82) is 0 Å². The molecule has 0 spiro atoms. The Hall–Kier alpha value is -1.90. The third-order valence-corrected chi connectivity index (χ3v) is 5.62. The molecule has 146 valence electrons. The van der Waals surface area contributed by atoms with Gasteiger partial charge in [-0.25, -0.2) is 4.39 Å². The molecule has 2 aromatic carbocycles. The van der Waals surface area contributed by atoms with E-state index in [9.17, 15) is 8.78 Å². The first-order valence-corrected chi connectivity index (χ1v) is 10.4. The molecule has 2 aromatic rings.